The van der Waals surface area contributed by atoms with Gasteiger partial charge in [-0.2, -0.15) is 0 Å². The van der Waals surface area contributed by atoms with E-state index in [1.165, 1.54) is 51.6 Å². The predicted molar refractivity (Wildman–Crippen MR) is 467 cm³/mol. The van der Waals surface area contributed by atoms with Crippen molar-refractivity contribution in [1.82, 2.24) is 35.5 Å². The van der Waals surface area contributed by atoms with Gasteiger partial charge in [-0.15, -0.1) is 0 Å². The fraction of sp³-hybridized carbons (Fsp3) is 0.395. The number of methoxy groups -OCH3 is 2. The number of alkyl halides is 1. The number of carbonyl (C=O) groups is 4. The largest absolute Gasteiger partial charge is 0.496 e. The smallest absolute Gasteiger partial charge is 0.315 e. The van der Waals surface area contributed by atoms with Crippen LogP contribution >= 0.6 is 45.8 Å². The summed E-state index contributed by atoms with van der Waals surface area (Å²) < 4.78 is 53.4. The van der Waals surface area contributed by atoms with Gasteiger partial charge in [0, 0.05) is 126 Å². The molecule has 27 nitrogen and oxygen atoms in total. The van der Waals surface area contributed by atoms with Gasteiger partial charge in [-0.25, -0.2) is 0 Å². The van der Waals surface area contributed by atoms with Gasteiger partial charge < -0.3 is 79.2 Å². The number of likely N-dealkylation sites (N-methyl/N-ethyl adjacent to an activating group) is 1. The summed E-state index contributed by atoms with van der Waals surface area (Å²) in [6.45, 7) is 36.8. The average molecular weight is 1750 g/mol. The van der Waals surface area contributed by atoms with Gasteiger partial charge in [0.2, 0.25) is 5.91 Å². The van der Waals surface area contributed by atoms with Gasteiger partial charge in [0.05, 0.1) is 49.2 Å². The topological polar surface area (TPSA) is 362 Å². The number of primary amides is 2. The molecule has 1 aliphatic rings. The molecule has 0 spiro atoms. The zero-order valence-corrected chi connectivity index (χ0v) is 74.0. The number of nitrogen functional groups attached to an aromatic ring is 1. The van der Waals surface area contributed by atoms with E-state index in [1.807, 2.05) is 78.8 Å². The number of carbonyl (C=O) groups excluding carboxylic acids is 4. The van der Waals surface area contributed by atoms with Crippen LogP contribution in [0.15, 0.2) is 158 Å². The van der Waals surface area contributed by atoms with Gasteiger partial charge in [0.1, 0.15) is 63.3 Å². The van der Waals surface area contributed by atoms with Crippen molar-refractivity contribution in [3.63, 3.8) is 0 Å². The number of nitrogens with one attached hydrogen (secondary N) is 2. The summed E-state index contributed by atoms with van der Waals surface area (Å²) in [6.07, 6.45) is 5.79. The maximum atomic E-state index is 12.9. The van der Waals surface area contributed by atoms with Crippen LogP contribution in [0.25, 0.3) is 21.8 Å². The molecule has 0 aliphatic carbocycles. The number of fused-ring (bicyclic) bond motifs is 2. The third-order valence-corrected chi connectivity index (χ3v) is 17.8. The summed E-state index contributed by atoms with van der Waals surface area (Å²) in [5, 5.41) is 22.9. The number of nitrogens with zero attached hydrogens (tertiary/aromatic N) is 8. The zero-order chi connectivity index (χ0) is 86.3. The van der Waals surface area contributed by atoms with Crippen molar-refractivity contribution in [3.8, 4) is 40.2 Å². The first-order chi connectivity index (χ1) is 54.8. The summed E-state index contributed by atoms with van der Waals surface area (Å²) in [4.78, 5) is 63.2. The van der Waals surface area contributed by atoms with Gasteiger partial charge in [-0.05, 0) is 109 Å². The minimum Gasteiger partial charge on any atom is -0.496 e. The van der Waals surface area contributed by atoms with E-state index < -0.39 is 17.8 Å². The molecule has 1 fully saturated rings. The molecule has 1 saturated heterocycles. The Balaban J connectivity index is 0.000000271. The minimum atomic E-state index is -0.629. The van der Waals surface area contributed by atoms with Crippen LogP contribution in [0.2, 0.25) is 10.0 Å². The molecular formula is C86H112Cl2IN13O14. The minimum absolute atomic E-state index is 0.00458. The van der Waals surface area contributed by atoms with Crippen LogP contribution < -0.4 is 56.4 Å². The number of amides is 3. The lowest BCUT2D eigenvalue weighted by molar-refractivity contribution is -0.133. The van der Waals surface area contributed by atoms with E-state index in [-0.39, 0.29) is 51.5 Å². The van der Waals surface area contributed by atoms with E-state index >= 15 is 0 Å². The van der Waals surface area contributed by atoms with Crippen molar-refractivity contribution in [2.75, 3.05) is 94.4 Å². The van der Waals surface area contributed by atoms with E-state index in [2.05, 4.69) is 131 Å². The van der Waals surface area contributed by atoms with Crippen LogP contribution in [0, 0.1) is 0 Å². The number of para-hydroxylation sites is 1. The average Bonchev–Trinajstić information content (AvgIpc) is 0.998. The van der Waals surface area contributed by atoms with Crippen LogP contribution in [0.3, 0.4) is 0 Å². The first-order valence-corrected chi connectivity index (χ1v) is 40.4. The first-order valence-electron chi connectivity index (χ1n) is 37.5. The van der Waals surface area contributed by atoms with E-state index in [9.17, 15) is 19.2 Å². The molecule has 1 aliphatic heterocycles. The fourth-order valence-electron chi connectivity index (χ4n) is 10.2. The highest BCUT2D eigenvalue weighted by atomic mass is 127. The number of halogens is 3. The molecule has 0 saturated carbocycles. The lowest BCUT2D eigenvalue weighted by Gasteiger charge is -2.15. The number of benzene rings is 5. The highest BCUT2D eigenvalue weighted by Crippen LogP contribution is 2.38. The zero-order valence-electron chi connectivity index (χ0n) is 70.3. The number of ether oxygens (including phenoxy) is 6. The number of pyridine rings is 2. The number of anilines is 4. The Bertz CT molecular complexity index is 4850. The maximum absolute atomic E-state index is 12.9. The number of hydrogen-bond acceptors (Lipinski definition) is 24. The molecule has 0 radical (unpaired) electrons. The number of nitrogens with two attached hydrogens (primary N) is 3. The van der Waals surface area contributed by atoms with Crippen molar-refractivity contribution in [1.29, 1.82) is 0 Å². The Hall–Kier alpha value is -10.5. The highest BCUT2D eigenvalue weighted by molar-refractivity contribution is 14.1. The van der Waals surface area contributed by atoms with Crippen LogP contribution in [-0.4, -0.2) is 132 Å². The van der Waals surface area contributed by atoms with Crippen LogP contribution in [-0.2, 0) is 48.8 Å². The summed E-state index contributed by atoms with van der Waals surface area (Å²) in [6, 6.07) is 36.0. The fourth-order valence-corrected chi connectivity index (χ4v) is 10.7. The molecule has 8 N–H and O–H groups in total. The summed E-state index contributed by atoms with van der Waals surface area (Å²) in [7, 11) is 8.19. The third-order valence-electron chi connectivity index (χ3n) is 17.1. The summed E-state index contributed by atoms with van der Waals surface area (Å²) >= 11 is 15.0. The Morgan fingerprint density at radius 1 is 0.509 bits per heavy atom. The van der Waals surface area contributed by atoms with E-state index in [0.717, 1.165) is 42.1 Å². The summed E-state index contributed by atoms with van der Waals surface area (Å²) in [5.41, 5.74) is 19.0. The van der Waals surface area contributed by atoms with Crippen molar-refractivity contribution in [3.05, 3.63) is 195 Å². The van der Waals surface area contributed by atoms with Crippen molar-refractivity contribution in [2.45, 2.75) is 151 Å². The van der Waals surface area contributed by atoms with Crippen LogP contribution in [0.5, 0.6) is 40.2 Å². The third kappa shape index (κ3) is 29.9. The second-order valence-electron chi connectivity index (χ2n) is 30.0. The normalized spacial score (nSPS) is 11.6. The molecule has 5 aromatic carbocycles. The first kappa shape index (κ1) is 96.1. The Morgan fingerprint density at radius 2 is 0.914 bits per heavy atom. The maximum Gasteiger partial charge on any atom is 0.315 e. The molecule has 7 heterocycles. The monoisotopic (exact) mass is 1750 g/mol. The standard InChI is InChI=1S/C27H27ClN4O5.C25H19ClN2O5.2C8H14N2O.C7H12N2O.C6H15N.C4H8O.CH3I/c1-27(2,3)23-14-24(31-37-23)32(4)25(33)10-15-6-7-16(11-19(15)28)36-21-8-9-30-20-13-22(35-5)18(26(29)34)12-17(20)21;1-31-23-14-21-18(13-19(23)25(27)30)22(9-10-28-21)32-17-8-7-15(20(26)12-17)11-24(29)33-16-5-3-2-4-6-16;2*1-8(2,3)6-5-7(9-4)10-11-6;1-7(2,3)5-4-6(8)9-10-5;1-4-7(5-2)6-3;1-2-4-5-3-1;1-2/h6-9,11-14H,10H2,1-5H3,(H2,29,34);2-10,12-14H,11H2,1H3,(H2,27,30);2*5H,1-4H3,(H,9,10);4H,1-3H3,(H2,8,9);4-6H2,1-3H3;1-4H2;1H3. The molecule has 0 unspecified atom stereocenters. The van der Waals surface area contributed by atoms with Crippen molar-refractivity contribution < 1.29 is 65.7 Å². The molecule has 0 bridgehead atoms. The van der Waals surface area contributed by atoms with E-state index in [4.69, 9.17) is 86.9 Å². The number of esters is 1. The molecule has 30 heteroatoms. The number of aromatic nitrogens is 6. The van der Waals surface area contributed by atoms with Crippen LogP contribution in [0.4, 0.5) is 23.3 Å². The number of hydrogen-bond donors (Lipinski definition) is 5. The molecule has 12 rings (SSSR count). The predicted octanol–water partition coefficient (Wildman–Crippen LogP) is 19.0. The van der Waals surface area contributed by atoms with E-state index in [0.29, 0.717) is 101 Å². The van der Waals surface area contributed by atoms with Gasteiger partial charge >= 0.3 is 5.97 Å². The Morgan fingerprint density at radius 3 is 1.23 bits per heavy atom. The van der Waals surface area contributed by atoms with Crippen molar-refractivity contribution >= 4 is 115 Å². The Labute approximate surface area is 703 Å². The molecule has 3 amide bonds. The molecule has 6 aromatic heterocycles. The second kappa shape index (κ2) is 45.7. The van der Waals surface area contributed by atoms with Gasteiger partial charge in [-0.3, -0.25) is 34.0 Å². The molecule has 0 atom stereocenters. The lowest BCUT2D eigenvalue weighted by Crippen LogP contribution is -2.28. The quantitative estimate of drug-likeness (QED) is 0.0217. The summed E-state index contributed by atoms with van der Waals surface area (Å²) in [5.74, 6) is 6.83. The lowest BCUT2D eigenvalue weighted by atomic mass is 9.93. The molecule has 11 aromatic rings. The molecular weight excluding hydrogens is 1640 g/mol. The van der Waals surface area contributed by atoms with Crippen LogP contribution in [0.1, 0.15) is 172 Å². The van der Waals surface area contributed by atoms with Gasteiger partial charge in [-0.1, -0.05) is 201 Å². The van der Waals surface area contributed by atoms with Crippen molar-refractivity contribution in [2.24, 2.45) is 11.5 Å². The second-order valence-corrected chi connectivity index (χ2v) is 30.9. The highest BCUT2D eigenvalue weighted by Gasteiger charge is 2.26. The van der Waals surface area contributed by atoms with Gasteiger partial charge in [0.25, 0.3) is 11.8 Å². The number of rotatable bonds is 19. The van der Waals surface area contributed by atoms with E-state index in [1.54, 1.807) is 129 Å². The molecule has 116 heavy (non-hydrogen) atoms. The SMILES string of the molecule is C1CCOC1.CC(C)(C)c1cc(N)no1.CCN(CC)CC.CI.CNc1cc(C(C)(C)C)on1.CNc1cc(C(C)(C)C)on1.COc1cc2nccc(Oc3ccc(CC(=O)N(C)c4cc(C(C)(C)C)on4)c(Cl)c3)c2cc1C(N)=O.COc1cc2nccc(Oc3ccc(CC(=O)Oc4ccccc4)c(Cl)c3)c2cc1C(N)=O. The Kier molecular flexibility index (Phi) is 37.8. The molecule has 626 valence electrons. The van der Waals surface area contributed by atoms with Gasteiger partial charge in [0.15, 0.2) is 23.3 Å².